The van der Waals surface area contributed by atoms with Gasteiger partial charge in [-0.15, -0.1) is 0 Å². The highest BCUT2D eigenvalue weighted by Gasteiger charge is 2.29. The van der Waals surface area contributed by atoms with Crippen LogP contribution in [-0.4, -0.2) is 45.0 Å². The van der Waals surface area contributed by atoms with Crippen molar-refractivity contribution in [1.29, 1.82) is 0 Å². The van der Waals surface area contributed by atoms with Crippen LogP contribution in [0.5, 0.6) is 0 Å². The SMILES string of the molecule is Cc1cc(C)cc(N([C@@H](C)C(=O)Nc2ccc(S(=O)(=O)Nc3nc(C)cc(C)n3)cc2)S(C)(=O)=O)c1. The Morgan fingerprint density at radius 2 is 1.39 bits per heavy atom. The summed E-state index contributed by atoms with van der Waals surface area (Å²) >= 11 is 0. The summed E-state index contributed by atoms with van der Waals surface area (Å²) in [5, 5.41) is 2.65. The average molecular weight is 532 g/mol. The molecule has 0 bridgehead atoms. The van der Waals surface area contributed by atoms with Gasteiger partial charge in [-0.05, 0) is 88.2 Å². The molecule has 0 unspecified atom stereocenters. The number of aromatic nitrogens is 2. The fourth-order valence-corrected chi connectivity index (χ4v) is 5.90. The Balaban J connectivity index is 1.79. The van der Waals surface area contributed by atoms with Gasteiger partial charge in [0.1, 0.15) is 6.04 Å². The molecule has 0 fully saturated rings. The van der Waals surface area contributed by atoms with Crippen LogP contribution in [0.1, 0.15) is 29.4 Å². The summed E-state index contributed by atoms with van der Waals surface area (Å²) in [4.78, 5) is 21.1. The number of rotatable bonds is 8. The first-order valence-corrected chi connectivity index (χ1v) is 14.3. The third kappa shape index (κ3) is 6.58. The van der Waals surface area contributed by atoms with E-state index in [4.69, 9.17) is 0 Å². The maximum Gasteiger partial charge on any atom is 0.264 e. The molecule has 1 atom stereocenters. The largest absolute Gasteiger partial charge is 0.324 e. The second kappa shape index (κ2) is 10.2. The zero-order valence-electron chi connectivity index (χ0n) is 20.9. The van der Waals surface area contributed by atoms with Gasteiger partial charge in [-0.25, -0.2) is 31.5 Å². The van der Waals surface area contributed by atoms with E-state index in [0.717, 1.165) is 21.7 Å². The maximum absolute atomic E-state index is 13.0. The summed E-state index contributed by atoms with van der Waals surface area (Å²) < 4.78 is 54.0. The van der Waals surface area contributed by atoms with Gasteiger partial charge in [0, 0.05) is 17.1 Å². The van der Waals surface area contributed by atoms with Crippen LogP contribution >= 0.6 is 0 Å². The maximum atomic E-state index is 13.0. The first kappa shape index (κ1) is 27.1. The zero-order chi connectivity index (χ0) is 26.8. The highest BCUT2D eigenvalue weighted by atomic mass is 32.2. The molecule has 0 aliphatic carbocycles. The van der Waals surface area contributed by atoms with Gasteiger partial charge in [-0.3, -0.25) is 9.10 Å². The van der Waals surface area contributed by atoms with Gasteiger partial charge in [0.25, 0.3) is 10.0 Å². The normalized spacial score (nSPS) is 12.6. The minimum Gasteiger partial charge on any atom is -0.324 e. The minimum absolute atomic E-state index is 0.0362. The highest BCUT2D eigenvalue weighted by molar-refractivity contribution is 7.92. The minimum atomic E-state index is -3.96. The van der Waals surface area contributed by atoms with Crippen LogP contribution in [0.2, 0.25) is 0 Å². The molecule has 36 heavy (non-hydrogen) atoms. The summed E-state index contributed by atoms with van der Waals surface area (Å²) in [6, 6.07) is 11.5. The number of anilines is 3. The van der Waals surface area contributed by atoms with Crippen LogP contribution in [0, 0.1) is 27.7 Å². The molecule has 1 aromatic heterocycles. The molecule has 2 aromatic carbocycles. The number of nitrogens with zero attached hydrogens (tertiary/aromatic N) is 3. The van der Waals surface area contributed by atoms with Crippen LogP contribution in [-0.2, 0) is 24.8 Å². The van der Waals surface area contributed by atoms with Crippen molar-refractivity contribution in [3.63, 3.8) is 0 Å². The van der Waals surface area contributed by atoms with Gasteiger partial charge >= 0.3 is 0 Å². The summed E-state index contributed by atoms with van der Waals surface area (Å²) in [6.45, 7) is 8.64. The van der Waals surface area contributed by atoms with Crippen molar-refractivity contribution in [3.05, 3.63) is 71.0 Å². The Bertz CT molecular complexity index is 1460. The van der Waals surface area contributed by atoms with E-state index < -0.39 is 32.0 Å². The molecule has 0 spiro atoms. The standard InChI is InChI=1S/C24H29N5O5S2/c1-15-11-16(2)13-21(12-15)29(35(6,31)32)19(5)23(30)27-20-7-9-22(10-8-20)36(33,34)28-24-25-17(3)14-18(4)26-24/h7-14,19H,1-6H3,(H,27,30)(H,25,26,28)/t19-/m0/s1. The van der Waals surface area contributed by atoms with Gasteiger partial charge in [0.15, 0.2) is 0 Å². The predicted molar refractivity (Wildman–Crippen MR) is 140 cm³/mol. The van der Waals surface area contributed by atoms with Crippen molar-refractivity contribution in [2.24, 2.45) is 0 Å². The van der Waals surface area contributed by atoms with E-state index in [2.05, 4.69) is 20.0 Å². The Morgan fingerprint density at radius 3 is 1.89 bits per heavy atom. The van der Waals surface area contributed by atoms with Crippen molar-refractivity contribution < 1.29 is 21.6 Å². The van der Waals surface area contributed by atoms with E-state index in [-0.39, 0.29) is 10.8 Å². The molecule has 0 aliphatic heterocycles. The molecular weight excluding hydrogens is 502 g/mol. The number of nitrogens with one attached hydrogen (secondary N) is 2. The van der Waals surface area contributed by atoms with Gasteiger partial charge in [0.2, 0.25) is 21.9 Å². The summed E-state index contributed by atoms with van der Waals surface area (Å²) in [7, 11) is -7.74. The zero-order valence-corrected chi connectivity index (χ0v) is 22.5. The lowest BCUT2D eigenvalue weighted by atomic mass is 10.1. The topological polar surface area (TPSA) is 138 Å². The monoisotopic (exact) mass is 531 g/mol. The third-order valence-electron chi connectivity index (χ3n) is 5.19. The van der Waals surface area contributed by atoms with Crippen molar-refractivity contribution in [1.82, 2.24) is 9.97 Å². The van der Waals surface area contributed by atoms with Crippen LogP contribution in [0.15, 0.2) is 53.4 Å². The number of sulfonamides is 2. The van der Waals surface area contributed by atoms with E-state index >= 15 is 0 Å². The van der Waals surface area contributed by atoms with Gasteiger partial charge in [0.05, 0.1) is 16.8 Å². The van der Waals surface area contributed by atoms with E-state index in [9.17, 15) is 21.6 Å². The van der Waals surface area contributed by atoms with Crippen LogP contribution < -0.4 is 14.3 Å². The Labute approximate surface area is 211 Å². The number of aryl methyl sites for hydroxylation is 4. The van der Waals surface area contributed by atoms with Gasteiger partial charge < -0.3 is 5.32 Å². The van der Waals surface area contributed by atoms with Crippen molar-refractivity contribution in [2.45, 2.75) is 45.6 Å². The second-order valence-electron chi connectivity index (χ2n) is 8.67. The molecular formula is C24H29N5O5S2. The predicted octanol–water partition coefficient (Wildman–Crippen LogP) is 3.30. The summed E-state index contributed by atoms with van der Waals surface area (Å²) in [5.74, 6) is -0.608. The van der Waals surface area contributed by atoms with Gasteiger partial charge in [-0.2, -0.15) is 0 Å². The quantitative estimate of drug-likeness (QED) is 0.455. The van der Waals surface area contributed by atoms with Crippen molar-refractivity contribution >= 4 is 43.3 Å². The first-order chi connectivity index (χ1) is 16.7. The second-order valence-corrected chi connectivity index (χ2v) is 12.2. The molecule has 2 N–H and O–H groups in total. The lowest BCUT2D eigenvalue weighted by Crippen LogP contribution is -2.45. The van der Waals surface area contributed by atoms with Crippen LogP contribution in [0.4, 0.5) is 17.3 Å². The molecule has 1 amide bonds. The summed E-state index contributed by atoms with van der Waals surface area (Å²) in [6.07, 6.45) is 1.04. The summed E-state index contributed by atoms with van der Waals surface area (Å²) in [5.41, 5.74) is 3.67. The van der Waals surface area contributed by atoms with E-state index in [1.54, 1.807) is 32.0 Å². The van der Waals surface area contributed by atoms with E-state index in [1.165, 1.54) is 31.2 Å². The lowest BCUT2D eigenvalue weighted by Gasteiger charge is -2.28. The van der Waals surface area contributed by atoms with Crippen molar-refractivity contribution in [2.75, 3.05) is 20.6 Å². The molecule has 12 heteroatoms. The number of hydrogen-bond donors (Lipinski definition) is 2. The Kier molecular flexibility index (Phi) is 7.70. The molecule has 0 saturated carbocycles. The lowest BCUT2D eigenvalue weighted by molar-refractivity contribution is -0.116. The van der Waals surface area contributed by atoms with Crippen LogP contribution in [0.3, 0.4) is 0 Å². The van der Waals surface area contributed by atoms with E-state index in [0.29, 0.717) is 22.8 Å². The molecule has 0 aliphatic rings. The number of carbonyl (C=O) groups is 1. The smallest absolute Gasteiger partial charge is 0.264 e. The number of benzene rings is 2. The molecule has 0 radical (unpaired) electrons. The number of hydrogen-bond acceptors (Lipinski definition) is 7. The number of carbonyl (C=O) groups excluding carboxylic acids is 1. The van der Waals surface area contributed by atoms with E-state index in [1.807, 2.05) is 19.9 Å². The highest BCUT2D eigenvalue weighted by Crippen LogP contribution is 2.25. The molecule has 3 aromatic rings. The molecule has 0 saturated heterocycles. The number of amides is 1. The Morgan fingerprint density at radius 1 is 0.861 bits per heavy atom. The molecule has 1 heterocycles. The molecule has 10 nitrogen and oxygen atoms in total. The third-order valence-corrected chi connectivity index (χ3v) is 7.78. The van der Waals surface area contributed by atoms with Crippen molar-refractivity contribution in [3.8, 4) is 0 Å². The van der Waals surface area contributed by atoms with Gasteiger partial charge in [-0.1, -0.05) is 6.07 Å². The fraction of sp³-hybridized carbons (Fsp3) is 0.292. The average Bonchev–Trinajstić information content (AvgIpc) is 2.71. The van der Waals surface area contributed by atoms with Crippen LogP contribution in [0.25, 0.3) is 0 Å². The fourth-order valence-electron chi connectivity index (χ4n) is 3.80. The molecule has 3 rings (SSSR count). The Hall–Kier alpha value is -3.51. The first-order valence-electron chi connectivity index (χ1n) is 11.0. The molecule has 192 valence electrons.